The number of para-hydroxylation sites is 1. The topological polar surface area (TPSA) is 81.3 Å². The minimum Gasteiger partial charge on any atom is -0.545 e. The fourth-order valence-electron chi connectivity index (χ4n) is 1.89. The predicted molar refractivity (Wildman–Crippen MR) is 85.6 cm³/mol. The molecule has 2 aromatic carbocycles. The minimum atomic E-state index is -1.32. The van der Waals surface area contributed by atoms with Crippen LogP contribution in [-0.4, -0.2) is 17.0 Å². The molecular formula is C16H13N2O3S-. The zero-order valence-electron chi connectivity index (χ0n) is 11.8. The van der Waals surface area contributed by atoms with Crippen LogP contribution in [0.1, 0.15) is 26.3 Å². The van der Waals surface area contributed by atoms with Crippen molar-refractivity contribution in [2.24, 2.45) is 0 Å². The summed E-state index contributed by atoms with van der Waals surface area (Å²) in [5.74, 6) is -1.69. The first kappa shape index (κ1) is 15.7. The SMILES string of the molecule is Cc1cccc(C(=O)NC(=S)Nc2ccccc2C(=O)[O-])c1. The molecule has 0 atom stereocenters. The second-order valence-electron chi connectivity index (χ2n) is 4.61. The summed E-state index contributed by atoms with van der Waals surface area (Å²) >= 11 is 5.03. The molecular weight excluding hydrogens is 300 g/mol. The first-order valence-electron chi connectivity index (χ1n) is 6.47. The molecule has 6 heteroatoms. The molecule has 0 aliphatic carbocycles. The van der Waals surface area contributed by atoms with E-state index in [4.69, 9.17) is 12.2 Å². The number of carbonyl (C=O) groups is 2. The van der Waals surface area contributed by atoms with Crippen LogP contribution in [0.15, 0.2) is 48.5 Å². The van der Waals surface area contributed by atoms with Crippen LogP contribution >= 0.6 is 12.2 Å². The summed E-state index contributed by atoms with van der Waals surface area (Å²) in [6, 6.07) is 13.2. The first-order chi connectivity index (χ1) is 10.5. The van der Waals surface area contributed by atoms with E-state index < -0.39 is 5.97 Å². The maximum atomic E-state index is 12.0. The number of aryl methyl sites for hydroxylation is 1. The number of amides is 1. The van der Waals surface area contributed by atoms with Gasteiger partial charge in [0, 0.05) is 16.8 Å². The van der Waals surface area contributed by atoms with E-state index in [-0.39, 0.29) is 22.3 Å². The van der Waals surface area contributed by atoms with Crippen molar-refractivity contribution in [3.05, 3.63) is 65.2 Å². The lowest BCUT2D eigenvalue weighted by atomic mass is 10.1. The number of hydrogen-bond donors (Lipinski definition) is 2. The van der Waals surface area contributed by atoms with Crippen LogP contribution in [0.25, 0.3) is 0 Å². The van der Waals surface area contributed by atoms with Gasteiger partial charge in [-0.3, -0.25) is 10.1 Å². The van der Waals surface area contributed by atoms with E-state index in [0.29, 0.717) is 5.56 Å². The Morgan fingerprint density at radius 3 is 2.50 bits per heavy atom. The third-order valence-corrected chi connectivity index (χ3v) is 3.11. The average Bonchev–Trinajstić information content (AvgIpc) is 2.47. The number of rotatable bonds is 3. The summed E-state index contributed by atoms with van der Waals surface area (Å²) in [6.45, 7) is 1.88. The Kier molecular flexibility index (Phi) is 4.85. The lowest BCUT2D eigenvalue weighted by molar-refractivity contribution is -0.254. The molecule has 0 heterocycles. The molecule has 1 amide bonds. The van der Waals surface area contributed by atoms with Crippen molar-refractivity contribution in [3.63, 3.8) is 0 Å². The summed E-state index contributed by atoms with van der Waals surface area (Å²) in [5.41, 5.74) is 1.65. The highest BCUT2D eigenvalue weighted by atomic mass is 32.1. The third-order valence-electron chi connectivity index (χ3n) is 2.90. The number of thiocarbonyl (C=S) groups is 1. The van der Waals surface area contributed by atoms with Crippen molar-refractivity contribution >= 4 is 34.9 Å². The van der Waals surface area contributed by atoms with E-state index in [0.717, 1.165) is 5.56 Å². The highest BCUT2D eigenvalue weighted by Gasteiger charge is 2.09. The van der Waals surface area contributed by atoms with Crippen LogP contribution in [0, 0.1) is 6.92 Å². The normalized spacial score (nSPS) is 9.86. The Balaban J connectivity index is 2.08. The number of carbonyl (C=O) groups excluding carboxylic acids is 2. The van der Waals surface area contributed by atoms with E-state index in [9.17, 15) is 14.7 Å². The van der Waals surface area contributed by atoms with Gasteiger partial charge in [0.25, 0.3) is 5.91 Å². The molecule has 22 heavy (non-hydrogen) atoms. The molecule has 2 N–H and O–H groups in total. The van der Waals surface area contributed by atoms with Crippen LogP contribution in [0.2, 0.25) is 0 Å². The van der Waals surface area contributed by atoms with Crippen molar-refractivity contribution in [2.45, 2.75) is 6.92 Å². The largest absolute Gasteiger partial charge is 0.545 e. The summed E-state index contributed by atoms with van der Waals surface area (Å²) < 4.78 is 0. The van der Waals surface area contributed by atoms with Crippen LogP contribution in [0.5, 0.6) is 0 Å². The third kappa shape index (κ3) is 3.89. The molecule has 2 rings (SSSR count). The van der Waals surface area contributed by atoms with Crippen LogP contribution in [0.4, 0.5) is 5.69 Å². The maximum absolute atomic E-state index is 12.0. The molecule has 0 saturated heterocycles. The highest BCUT2D eigenvalue weighted by molar-refractivity contribution is 7.80. The van der Waals surface area contributed by atoms with Gasteiger partial charge >= 0.3 is 0 Å². The van der Waals surface area contributed by atoms with E-state index in [1.165, 1.54) is 12.1 Å². The number of aromatic carboxylic acids is 1. The molecule has 0 radical (unpaired) electrons. The first-order valence-corrected chi connectivity index (χ1v) is 6.87. The molecule has 0 aliphatic heterocycles. The molecule has 0 bridgehead atoms. The fraction of sp³-hybridized carbons (Fsp3) is 0.0625. The molecule has 0 unspecified atom stereocenters. The van der Waals surface area contributed by atoms with Gasteiger partial charge in [-0.25, -0.2) is 0 Å². The van der Waals surface area contributed by atoms with Gasteiger partial charge in [0.15, 0.2) is 5.11 Å². The number of anilines is 1. The monoisotopic (exact) mass is 313 g/mol. The van der Waals surface area contributed by atoms with Crippen LogP contribution in [-0.2, 0) is 0 Å². The van der Waals surface area contributed by atoms with Gasteiger partial charge in [-0.1, -0.05) is 35.9 Å². The van der Waals surface area contributed by atoms with Gasteiger partial charge in [-0.05, 0) is 37.3 Å². The molecule has 2 aromatic rings. The van der Waals surface area contributed by atoms with E-state index >= 15 is 0 Å². The Hall–Kier alpha value is -2.73. The van der Waals surface area contributed by atoms with Crippen molar-refractivity contribution in [3.8, 4) is 0 Å². The molecule has 0 spiro atoms. The standard InChI is InChI=1S/C16H14N2O3S/c1-10-5-4-6-11(9-10)14(19)18-16(22)17-13-8-3-2-7-12(13)15(20)21/h2-9H,1H3,(H,20,21)(H2,17,18,19,22)/p-1. The maximum Gasteiger partial charge on any atom is 0.257 e. The quantitative estimate of drug-likeness (QED) is 0.839. The minimum absolute atomic E-state index is 0.0141. The number of carboxylic acid groups (broad SMARTS) is 1. The van der Waals surface area contributed by atoms with Crippen molar-refractivity contribution in [2.75, 3.05) is 5.32 Å². The van der Waals surface area contributed by atoms with Gasteiger partial charge in [-0.2, -0.15) is 0 Å². The zero-order chi connectivity index (χ0) is 16.1. The molecule has 0 fully saturated rings. The Bertz CT molecular complexity index is 744. The summed E-state index contributed by atoms with van der Waals surface area (Å²) in [6.07, 6.45) is 0. The second-order valence-corrected chi connectivity index (χ2v) is 5.02. The number of hydrogen-bond acceptors (Lipinski definition) is 4. The van der Waals surface area contributed by atoms with Gasteiger partial charge in [0.1, 0.15) is 0 Å². The summed E-state index contributed by atoms with van der Waals surface area (Å²) in [5, 5.41) is 16.2. The fourth-order valence-corrected chi connectivity index (χ4v) is 2.09. The van der Waals surface area contributed by atoms with Crippen molar-refractivity contribution < 1.29 is 14.7 Å². The van der Waals surface area contributed by atoms with Gasteiger partial charge in [0.2, 0.25) is 0 Å². The lowest BCUT2D eigenvalue weighted by Crippen LogP contribution is -2.35. The van der Waals surface area contributed by atoms with Gasteiger partial charge in [0.05, 0.1) is 5.97 Å². The Labute approximate surface area is 133 Å². The van der Waals surface area contributed by atoms with Crippen LogP contribution < -0.4 is 15.7 Å². The van der Waals surface area contributed by atoms with E-state index in [1.54, 1.807) is 30.3 Å². The van der Waals surface area contributed by atoms with Crippen molar-refractivity contribution in [1.82, 2.24) is 5.32 Å². The Morgan fingerprint density at radius 1 is 1.09 bits per heavy atom. The molecule has 5 nitrogen and oxygen atoms in total. The molecule has 112 valence electrons. The number of carboxylic acids is 1. The molecule has 0 aliphatic rings. The number of nitrogens with one attached hydrogen (secondary N) is 2. The molecule has 0 saturated carbocycles. The van der Waals surface area contributed by atoms with Gasteiger partial charge < -0.3 is 15.2 Å². The highest BCUT2D eigenvalue weighted by Crippen LogP contribution is 2.14. The van der Waals surface area contributed by atoms with Crippen molar-refractivity contribution in [1.29, 1.82) is 0 Å². The second kappa shape index (κ2) is 6.82. The predicted octanol–water partition coefficient (Wildman–Crippen LogP) is 1.49. The zero-order valence-corrected chi connectivity index (χ0v) is 12.6. The summed E-state index contributed by atoms with van der Waals surface area (Å²) in [4.78, 5) is 23.1. The average molecular weight is 313 g/mol. The van der Waals surface area contributed by atoms with Crippen LogP contribution in [0.3, 0.4) is 0 Å². The molecule has 0 aromatic heterocycles. The Morgan fingerprint density at radius 2 is 1.82 bits per heavy atom. The van der Waals surface area contributed by atoms with E-state index in [1.807, 2.05) is 13.0 Å². The lowest BCUT2D eigenvalue weighted by Gasteiger charge is -2.14. The van der Waals surface area contributed by atoms with E-state index in [2.05, 4.69) is 10.6 Å². The van der Waals surface area contributed by atoms with Gasteiger partial charge in [-0.15, -0.1) is 0 Å². The summed E-state index contributed by atoms with van der Waals surface area (Å²) in [7, 11) is 0. The smallest absolute Gasteiger partial charge is 0.257 e. The number of benzene rings is 2.